The number of hydrogen-bond acceptors (Lipinski definition) is 4. The van der Waals surface area contributed by atoms with Crippen LogP contribution in [0.25, 0.3) is 0 Å². The molecule has 3 aromatic rings. The lowest BCUT2D eigenvalue weighted by Crippen LogP contribution is -2.35. The van der Waals surface area contributed by atoms with Gasteiger partial charge in [-0.05, 0) is 96.4 Å². The number of carbonyl (C=O) groups is 1. The highest BCUT2D eigenvalue weighted by molar-refractivity contribution is 5.87. The zero-order valence-corrected chi connectivity index (χ0v) is 18.6. The van der Waals surface area contributed by atoms with E-state index in [1.165, 1.54) is 36.1 Å². The van der Waals surface area contributed by atoms with Crippen molar-refractivity contribution in [3.63, 3.8) is 0 Å². The van der Waals surface area contributed by atoms with Gasteiger partial charge in [0.15, 0.2) is 0 Å². The zero-order valence-electron chi connectivity index (χ0n) is 18.6. The van der Waals surface area contributed by atoms with Crippen LogP contribution in [0.2, 0.25) is 0 Å². The molecule has 5 nitrogen and oxygen atoms in total. The highest BCUT2D eigenvalue weighted by Crippen LogP contribution is 2.63. The van der Waals surface area contributed by atoms with Crippen LogP contribution in [0, 0.1) is 17.8 Å². The number of nitrogens with one attached hydrogen (secondary N) is 2. The number of fused-ring (bicyclic) bond motifs is 7. The van der Waals surface area contributed by atoms with Crippen molar-refractivity contribution in [1.29, 1.82) is 0 Å². The van der Waals surface area contributed by atoms with Gasteiger partial charge in [0.25, 0.3) is 0 Å². The van der Waals surface area contributed by atoms with Gasteiger partial charge in [0.2, 0.25) is 0 Å². The molecule has 0 saturated heterocycles. The molecule has 6 rings (SSSR count). The predicted octanol–water partition coefficient (Wildman–Crippen LogP) is 5.73. The summed E-state index contributed by atoms with van der Waals surface area (Å²) in [6.07, 6.45) is 6.69. The Bertz CT molecular complexity index is 1180. The standard InChI is InChI=1S/C28H29N3O2/c32-28(33)21-5-3-4-20(16-21)27-26-19-9-8-18(15-19)25(26)22-14-17(7-10-23(22)31-27)11-13-30-24-6-1-2-12-29-24/h1-7,10,12,14,16,18-19,25-27,31H,8-9,11,13,15H2,(H,29,30)(H,32,33)/t18-,19-,25+,26+,27-/m0/s1. The molecule has 0 amide bonds. The smallest absolute Gasteiger partial charge is 0.335 e. The Kier molecular flexibility index (Phi) is 5.05. The summed E-state index contributed by atoms with van der Waals surface area (Å²) >= 11 is 0. The number of carboxylic acids is 1. The van der Waals surface area contributed by atoms with Crippen molar-refractivity contribution in [1.82, 2.24) is 4.98 Å². The van der Waals surface area contributed by atoms with Crippen LogP contribution in [0.1, 0.15) is 58.3 Å². The number of rotatable bonds is 6. The second-order valence-corrected chi connectivity index (χ2v) is 9.80. The number of pyridine rings is 1. The summed E-state index contributed by atoms with van der Waals surface area (Å²) in [6.45, 7) is 0.855. The fraction of sp³-hybridized carbons (Fsp3) is 0.357. The molecular formula is C28H29N3O2. The van der Waals surface area contributed by atoms with Gasteiger partial charge in [-0.2, -0.15) is 0 Å². The Morgan fingerprint density at radius 1 is 1.06 bits per heavy atom. The summed E-state index contributed by atoms with van der Waals surface area (Å²) in [5, 5.41) is 16.7. The van der Waals surface area contributed by atoms with Gasteiger partial charge in [0.05, 0.1) is 11.6 Å². The maximum absolute atomic E-state index is 11.6. The molecular weight excluding hydrogens is 410 g/mol. The number of aromatic nitrogens is 1. The van der Waals surface area contributed by atoms with Crippen molar-refractivity contribution < 1.29 is 9.90 Å². The van der Waals surface area contributed by atoms with E-state index in [-0.39, 0.29) is 6.04 Å². The van der Waals surface area contributed by atoms with E-state index in [1.54, 1.807) is 6.07 Å². The van der Waals surface area contributed by atoms with Crippen LogP contribution in [-0.4, -0.2) is 22.6 Å². The summed E-state index contributed by atoms with van der Waals surface area (Å²) in [5.74, 6) is 2.60. The molecule has 168 valence electrons. The van der Waals surface area contributed by atoms with E-state index in [2.05, 4.69) is 39.9 Å². The van der Waals surface area contributed by atoms with Gasteiger partial charge in [-0.15, -0.1) is 0 Å². The lowest BCUT2D eigenvalue weighted by atomic mass is 9.67. The van der Waals surface area contributed by atoms with E-state index in [9.17, 15) is 9.90 Å². The van der Waals surface area contributed by atoms with Crippen LogP contribution in [0.3, 0.4) is 0 Å². The number of anilines is 2. The summed E-state index contributed by atoms with van der Waals surface area (Å²) in [4.78, 5) is 15.9. The van der Waals surface area contributed by atoms with Crippen molar-refractivity contribution in [2.45, 2.75) is 37.6 Å². The van der Waals surface area contributed by atoms with E-state index in [0.29, 0.717) is 23.3 Å². The molecule has 33 heavy (non-hydrogen) atoms. The first-order valence-corrected chi connectivity index (χ1v) is 12.0. The Morgan fingerprint density at radius 3 is 2.82 bits per heavy atom. The molecule has 2 saturated carbocycles. The van der Waals surface area contributed by atoms with Gasteiger partial charge in [-0.3, -0.25) is 0 Å². The van der Waals surface area contributed by atoms with E-state index in [4.69, 9.17) is 0 Å². The first-order chi connectivity index (χ1) is 16.2. The van der Waals surface area contributed by atoms with Gasteiger partial charge in [-0.25, -0.2) is 9.78 Å². The Balaban J connectivity index is 1.28. The Hall–Kier alpha value is -3.34. The van der Waals surface area contributed by atoms with Gasteiger partial charge in [-0.1, -0.05) is 30.3 Å². The minimum absolute atomic E-state index is 0.175. The fourth-order valence-corrected chi connectivity index (χ4v) is 6.69. The van der Waals surface area contributed by atoms with Crippen molar-refractivity contribution >= 4 is 17.5 Å². The molecule has 0 radical (unpaired) electrons. The van der Waals surface area contributed by atoms with E-state index in [0.717, 1.165) is 30.3 Å². The first-order valence-electron chi connectivity index (χ1n) is 12.0. The largest absolute Gasteiger partial charge is 0.478 e. The number of hydrogen-bond donors (Lipinski definition) is 3. The molecule has 2 fully saturated rings. The number of aromatic carboxylic acids is 1. The third-order valence-corrected chi connectivity index (χ3v) is 8.03. The Labute approximate surface area is 194 Å². The first kappa shape index (κ1) is 20.3. The maximum Gasteiger partial charge on any atom is 0.335 e. The third kappa shape index (κ3) is 3.65. The highest BCUT2D eigenvalue weighted by atomic mass is 16.4. The van der Waals surface area contributed by atoms with Gasteiger partial charge < -0.3 is 15.7 Å². The van der Waals surface area contributed by atoms with Crippen molar-refractivity contribution in [3.8, 4) is 0 Å². The molecule has 2 bridgehead atoms. The molecule has 0 spiro atoms. The number of benzene rings is 2. The normalized spacial score (nSPS) is 26.8. The van der Waals surface area contributed by atoms with Crippen molar-refractivity contribution in [2.24, 2.45) is 17.8 Å². The van der Waals surface area contributed by atoms with E-state index in [1.807, 2.05) is 36.5 Å². The van der Waals surface area contributed by atoms with Crippen molar-refractivity contribution in [3.05, 3.63) is 89.1 Å². The van der Waals surface area contributed by atoms with Crippen LogP contribution in [0.5, 0.6) is 0 Å². The average Bonchev–Trinajstić information content (AvgIpc) is 3.47. The third-order valence-electron chi connectivity index (χ3n) is 8.03. The van der Waals surface area contributed by atoms with Crippen molar-refractivity contribution in [2.75, 3.05) is 17.2 Å². The summed E-state index contributed by atoms with van der Waals surface area (Å²) in [6, 6.07) is 20.5. The molecule has 0 unspecified atom stereocenters. The van der Waals surface area contributed by atoms with Crippen LogP contribution in [-0.2, 0) is 6.42 Å². The lowest BCUT2D eigenvalue weighted by molar-refractivity contribution is 0.0696. The predicted molar refractivity (Wildman–Crippen MR) is 130 cm³/mol. The van der Waals surface area contributed by atoms with Crippen LogP contribution in [0.4, 0.5) is 11.5 Å². The highest BCUT2D eigenvalue weighted by Gasteiger charge is 2.53. The second kappa shape index (κ2) is 8.22. The number of nitrogens with zero attached hydrogens (tertiary/aromatic N) is 1. The van der Waals surface area contributed by atoms with Crippen LogP contribution < -0.4 is 10.6 Å². The second-order valence-electron chi connectivity index (χ2n) is 9.80. The molecule has 2 aromatic carbocycles. The van der Waals surface area contributed by atoms with Gasteiger partial charge in [0, 0.05) is 18.4 Å². The molecule has 3 aliphatic rings. The fourth-order valence-electron chi connectivity index (χ4n) is 6.69. The Morgan fingerprint density at radius 2 is 1.97 bits per heavy atom. The maximum atomic E-state index is 11.6. The lowest BCUT2D eigenvalue weighted by Gasteiger charge is -2.43. The molecule has 2 heterocycles. The quantitative estimate of drug-likeness (QED) is 0.457. The van der Waals surface area contributed by atoms with E-state index < -0.39 is 5.97 Å². The van der Waals surface area contributed by atoms with Crippen LogP contribution in [0.15, 0.2) is 66.9 Å². The zero-order chi connectivity index (χ0) is 22.4. The molecule has 1 aromatic heterocycles. The average molecular weight is 440 g/mol. The molecule has 3 N–H and O–H groups in total. The molecule has 5 heteroatoms. The SMILES string of the molecule is O=C(O)c1cccc([C@@H]2Nc3ccc(CCNc4ccccn4)cc3[C@H]3[C@H]4CC[C@@H](C4)[C@H]32)c1. The molecule has 2 aliphatic carbocycles. The topological polar surface area (TPSA) is 74.2 Å². The van der Waals surface area contributed by atoms with E-state index >= 15 is 0 Å². The summed E-state index contributed by atoms with van der Waals surface area (Å²) in [5.41, 5.74) is 5.51. The monoisotopic (exact) mass is 439 g/mol. The summed E-state index contributed by atoms with van der Waals surface area (Å²) in [7, 11) is 0. The molecule has 5 atom stereocenters. The number of carboxylic acid groups (broad SMARTS) is 1. The van der Waals surface area contributed by atoms with Gasteiger partial charge >= 0.3 is 5.97 Å². The van der Waals surface area contributed by atoms with Crippen LogP contribution >= 0.6 is 0 Å². The molecule has 1 aliphatic heterocycles. The van der Waals surface area contributed by atoms with Gasteiger partial charge in [0.1, 0.15) is 5.82 Å². The minimum Gasteiger partial charge on any atom is -0.478 e. The minimum atomic E-state index is -0.860. The summed E-state index contributed by atoms with van der Waals surface area (Å²) < 4.78 is 0.